The maximum atomic E-state index is 12.7. The summed E-state index contributed by atoms with van der Waals surface area (Å²) in [7, 11) is 0. The Kier molecular flexibility index (Phi) is 13.2. The molecule has 0 heterocycles. The van der Waals surface area contributed by atoms with Gasteiger partial charge in [-0.15, -0.1) is 0 Å². The minimum absolute atomic E-state index is 0.0112. The van der Waals surface area contributed by atoms with Crippen LogP contribution in [0.15, 0.2) is 0 Å². The van der Waals surface area contributed by atoms with Crippen LogP contribution in [0.1, 0.15) is 33.1 Å². The number of hydrogen-bond acceptors (Lipinski definition) is 8. The molecule has 0 aromatic carbocycles. The minimum atomic E-state index is -1.28. The van der Waals surface area contributed by atoms with Gasteiger partial charge in [-0.1, -0.05) is 20.3 Å². The van der Waals surface area contributed by atoms with E-state index in [9.17, 15) is 24.0 Å². The summed E-state index contributed by atoms with van der Waals surface area (Å²) in [5, 5.41) is 25.2. The molecule has 0 aromatic rings. The lowest BCUT2D eigenvalue weighted by Gasteiger charge is -2.27. The van der Waals surface area contributed by atoms with E-state index >= 15 is 0 Å². The first-order valence-electron chi connectivity index (χ1n) is 9.31. The van der Waals surface area contributed by atoms with Crippen molar-refractivity contribution >= 4 is 54.9 Å². The number of nitrogens with two attached hydrogens (primary N) is 1. The zero-order valence-electron chi connectivity index (χ0n) is 16.8. The Morgan fingerprint density at radius 2 is 1.47 bits per heavy atom. The molecular weight excluding hydrogens is 436 g/mol. The van der Waals surface area contributed by atoms with Gasteiger partial charge in [-0.3, -0.25) is 19.2 Å². The van der Waals surface area contributed by atoms with Crippen molar-refractivity contribution in [3.8, 4) is 0 Å². The molecular formula is C17H30N4O7S2. The molecule has 0 fully saturated rings. The topological polar surface area (TPSA) is 188 Å². The number of rotatable bonds is 14. The number of amides is 3. The summed E-state index contributed by atoms with van der Waals surface area (Å²) in [5.74, 6) is -5.17. The molecule has 30 heavy (non-hydrogen) atoms. The number of thiol groups is 2. The zero-order valence-corrected chi connectivity index (χ0v) is 18.6. The van der Waals surface area contributed by atoms with Gasteiger partial charge in [0.15, 0.2) is 0 Å². The average molecular weight is 467 g/mol. The fraction of sp³-hybridized carbons (Fsp3) is 0.706. The lowest BCUT2D eigenvalue weighted by atomic mass is 9.97. The van der Waals surface area contributed by atoms with Crippen molar-refractivity contribution in [2.45, 2.75) is 57.3 Å². The van der Waals surface area contributed by atoms with Crippen molar-refractivity contribution in [2.75, 3.05) is 11.5 Å². The van der Waals surface area contributed by atoms with Gasteiger partial charge in [0.25, 0.3) is 0 Å². The third kappa shape index (κ3) is 9.67. The van der Waals surface area contributed by atoms with Crippen molar-refractivity contribution in [3.05, 3.63) is 0 Å². The van der Waals surface area contributed by atoms with Gasteiger partial charge < -0.3 is 31.9 Å². The second kappa shape index (κ2) is 14.1. The Morgan fingerprint density at radius 3 is 1.90 bits per heavy atom. The number of nitrogens with one attached hydrogen (secondary N) is 3. The molecule has 0 aliphatic heterocycles. The number of hydrogen-bond donors (Lipinski definition) is 8. The molecule has 7 N–H and O–H groups in total. The van der Waals surface area contributed by atoms with E-state index in [-0.39, 0.29) is 23.8 Å². The molecule has 0 spiro atoms. The molecule has 13 heteroatoms. The molecule has 5 unspecified atom stereocenters. The maximum Gasteiger partial charge on any atom is 0.327 e. The number of carbonyl (C=O) groups excluding carboxylic acids is 3. The third-order valence-corrected chi connectivity index (χ3v) is 5.16. The third-order valence-electron chi connectivity index (χ3n) is 4.40. The summed E-state index contributed by atoms with van der Waals surface area (Å²) < 4.78 is 0. The van der Waals surface area contributed by atoms with Gasteiger partial charge in [0.2, 0.25) is 17.7 Å². The van der Waals surface area contributed by atoms with E-state index in [2.05, 4.69) is 41.2 Å². The number of carbonyl (C=O) groups is 5. The smallest absolute Gasteiger partial charge is 0.327 e. The summed E-state index contributed by atoms with van der Waals surface area (Å²) in [6.07, 6.45) is -0.154. The van der Waals surface area contributed by atoms with Crippen molar-refractivity contribution in [2.24, 2.45) is 11.7 Å². The molecule has 0 aliphatic carbocycles. The molecule has 0 aliphatic rings. The van der Waals surface area contributed by atoms with Gasteiger partial charge in [-0.05, 0) is 12.3 Å². The van der Waals surface area contributed by atoms with Crippen LogP contribution >= 0.6 is 25.3 Å². The first kappa shape index (κ1) is 28.0. The minimum Gasteiger partial charge on any atom is -0.481 e. The quantitative estimate of drug-likeness (QED) is 0.144. The van der Waals surface area contributed by atoms with Crippen LogP contribution in [0.4, 0.5) is 0 Å². The average Bonchev–Trinajstić information content (AvgIpc) is 2.70. The van der Waals surface area contributed by atoms with Crippen LogP contribution in [0.3, 0.4) is 0 Å². The summed E-state index contributed by atoms with van der Waals surface area (Å²) in [4.78, 5) is 59.4. The Labute approximate surface area is 185 Å². The van der Waals surface area contributed by atoms with E-state index in [0.717, 1.165) is 0 Å². The molecule has 0 rings (SSSR count). The lowest BCUT2D eigenvalue weighted by Crippen LogP contribution is -2.59. The second-order valence-electron chi connectivity index (χ2n) is 6.74. The van der Waals surface area contributed by atoms with Crippen LogP contribution in [0, 0.1) is 5.92 Å². The highest BCUT2D eigenvalue weighted by molar-refractivity contribution is 7.80. The number of carboxylic acids is 2. The predicted octanol–water partition coefficient (Wildman–Crippen LogP) is -1.38. The van der Waals surface area contributed by atoms with E-state index in [1.54, 1.807) is 13.8 Å². The van der Waals surface area contributed by atoms with Crippen LogP contribution in [-0.2, 0) is 24.0 Å². The van der Waals surface area contributed by atoms with Gasteiger partial charge in [0.05, 0.1) is 6.04 Å². The Bertz CT molecular complexity index is 635. The molecule has 5 atom stereocenters. The van der Waals surface area contributed by atoms with E-state index in [0.29, 0.717) is 6.42 Å². The molecule has 0 radical (unpaired) electrons. The van der Waals surface area contributed by atoms with Crippen molar-refractivity contribution in [1.29, 1.82) is 0 Å². The summed E-state index contributed by atoms with van der Waals surface area (Å²) in [6.45, 7) is 3.46. The molecule has 3 amide bonds. The van der Waals surface area contributed by atoms with Crippen LogP contribution < -0.4 is 21.7 Å². The standard InChI is InChI=1S/C17H30N4O7S2/c1-3-8(2)13(16(26)20-11(7-30)17(27)28)21-15(25)10(4-5-12(22)23)19-14(24)9(18)6-29/h8-11,13,29-30H,3-7,18H2,1-2H3,(H,19,24)(H,20,26)(H,21,25)(H,22,23)(H,27,28). The van der Waals surface area contributed by atoms with Crippen molar-refractivity contribution in [1.82, 2.24) is 16.0 Å². The monoisotopic (exact) mass is 466 g/mol. The van der Waals surface area contributed by atoms with Gasteiger partial charge in [0, 0.05) is 17.9 Å². The van der Waals surface area contributed by atoms with Crippen LogP contribution in [-0.4, -0.2) is 75.5 Å². The van der Waals surface area contributed by atoms with Crippen molar-refractivity contribution < 1.29 is 34.2 Å². The Hall–Kier alpha value is -1.99. The normalized spacial score (nSPS) is 15.8. The molecule has 0 bridgehead atoms. The molecule has 172 valence electrons. The molecule has 0 saturated carbocycles. The van der Waals surface area contributed by atoms with Crippen LogP contribution in [0.2, 0.25) is 0 Å². The van der Waals surface area contributed by atoms with E-state index in [1.807, 2.05) is 0 Å². The van der Waals surface area contributed by atoms with E-state index < -0.39 is 60.2 Å². The highest BCUT2D eigenvalue weighted by Gasteiger charge is 2.32. The maximum absolute atomic E-state index is 12.7. The molecule has 0 saturated heterocycles. The van der Waals surface area contributed by atoms with Gasteiger partial charge in [0.1, 0.15) is 18.1 Å². The number of aliphatic carboxylic acids is 2. The van der Waals surface area contributed by atoms with Gasteiger partial charge in [-0.2, -0.15) is 25.3 Å². The molecule has 11 nitrogen and oxygen atoms in total. The fourth-order valence-electron chi connectivity index (χ4n) is 2.30. The predicted molar refractivity (Wildman–Crippen MR) is 115 cm³/mol. The van der Waals surface area contributed by atoms with Crippen LogP contribution in [0.5, 0.6) is 0 Å². The highest BCUT2D eigenvalue weighted by Crippen LogP contribution is 2.10. The summed E-state index contributed by atoms with van der Waals surface area (Å²) in [6, 6.07) is -4.61. The first-order chi connectivity index (χ1) is 14.0. The van der Waals surface area contributed by atoms with E-state index in [4.69, 9.17) is 15.9 Å². The fourth-order valence-corrected chi connectivity index (χ4v) is 2.71. The summed E-state index contributed by atoms with van der Waals surface area (Å²) >= 11 is 7.79. The number of carboxylic acid groups (broad SMARTS) is 2. The second-order valence-corrected chi connectivity index (χ2v) is 7.47. The summed E-state index contributed by atoms with van der Waals surface area (Å²) in [5.41, 5.74) is 5.58. The van der Waals surface area contributed by atoms with E-state index in [1.165, 1.54) is 0 Å². The van der Waals surface area contributed by atoms with Crippen molar-refractivity contribution in [3.63, 3.8) is 0 Å². The molecule has 0 aromatic heterocycles. The van der Waals surface area contributed by atoms with Crippen LogP contribution in [0.25, 0.3) is 0 Å². The van der Waals surface area contributed by atoms with Gasteiger partial charge >= 0.3 is 11.9 Å². The lowest BCUT2D eigenvalue weighted by molar-refractivity contribution is -0.142. The largest absolute Gasteiger partial charge is 0.481 e. The first-order valence-corrected chi connectivity index (χ1v) is 10.6. The Morgan fingerprint density at radius 1 is 0.900 bits per heavy atom. The van der Waals surface area contributed by atoms with Gasteiger partial charge in [-0.25, -0.2) is 4.79 Å². The SMILES string of the molecule is CCC(C)C(NC(=O)C(CCC(=O)O)NC(=O)C(N)CS)C(=O)NC(CS)C(=O)O. The highest BCUT2D eigenvalue weighted by atomic mass is 32.1. The Balaban J connectivity index is 5.48. The zero-order chi connectivity index (χ0) is 23.4.